The molecule has 2 aliphatic heterocycles. The molecular formula is C23H27N3O2S. The summed E-state index contributed by atoms with van der Waals surface area (Å²) in [5.74, 6) is 0.123. The molecular weight excluding hydrogens is 382 g/mol. The molecule has 0 unspecified atom stereocenters. The molecule has 2 amide bonds. The maximum atomic E-state index is 13.2. The summed E-state index contributed by atoms with van der Waals surface area (Å²) in [5, 5.41) is 0. The molecule has 2 fully saturated rings. The number of amides is 2. The zero-order valence-corrected chi connectivity index (χ0v) is 17.8. The molecule has 152 valence electrons. The van der Waals surface area contributed by atoms with E-state index in [1.54, 1.807) is 23.7 Å². The summed E-state index contributed by atoms with van der Waals surface area (Å²) in [6.07, 6.45) is 2.64. The van der Waals surface area contributed by atoms with Gasteiger partial charge in [-0.15, -0.1) is 11.8 Å². The van der Waals surface area contributed by atoms with Gasteiger partial charge in [0, 0.05) is 44.5 Å². The highest BCUT2D eigenvalue weighted by atomic mass is 32.2. The van der Waals surface area contributed by atoms with Crippen molar-refractivity contribution in [2.45, 2.75) is 29.9 Å². The van der Waals surface area contributed by atoms with E-state index in [1.807, 2.05) is 35.2 Å². The molecule has 2 heterocycles. The Morgan fingerprint density at radius 3 is 2.48 bits per heavy atom. The van der Waals surface area contributed by atoms with Gasteiger partial charge in [0.05, 0.1) is 0 Å². The summed E-state index contributed by atoms with van der Waals surface area (Å²) in [7, 11) is 1.77. The fourth-order valence-corrected chi connectivity index (χ4v) is 4.78. The van der Waals surface area contributed by atoms with Crippen LogP contribution in [0.5, 0.6) is 0 Å². The van der Waals surface area contributed by atoms with Crippen LogP contribution >= 0.6 is 11.8 Å². The summed E-state index contributed by atoms with van der Waals surface area (Å²) >= 11 is 1.73. The van der Waals surface area contributed by atoms with Crippen LogP contribution in [0.25, 0.3) is 0 Å². The van der Waals surface area contributed by atoms with E-state index in [4.69, 9.17) is 0 Å². The molecule has 0 N–H and O–H groups in total. The fraction of sp³-hybridized carbons (Fsp3) is 0.391. The molecule has 0 aromatic heterocycles. The predicted octanol–water partition coefficient (Wildman–Crippen LogP) is 2.50. The van der Waals surface area contributed by atoms with Crippen LogP contribution < -0.4 is 0 Å². The molecule has 0 spiro atoms. The summed E-state index contributed by atoms with van der Waals surface area (Å²) in [6, 6.07) is 17.7. The Labute approximate surface area is 176 Å². The molecule has 2 atom stereocenters. The van der Waals surface area contributed by atoms with Gasteiger partial charge < -0.3 is 9.80 Å². The predicted molar refractivity (Wildman–Crippen MR) is 116 cm³/mol. The van der Waals surface area contributed by atoms with E-state index in [9.17, 15) is 9.59 Å². The van der Waals surface area contributed by atoms with Gasteiger partial charge in [0.25, 0.3) is 0 Å². The van der Waals surface area contributed by atoms with Crippen LogP contribution in [0.4, 0.5) is 0 Å². The molecule has 6 heteroatoms. The Balaban J connectivity index is 1.46. The average molecular weight is 410 g/mol. The van der Waals surface area contributed by atoms with E-state index in [0.717, 1.165) is 18.7 Å². The van der Waals surface area contributed by atoms with E-state index >= 15 is 0 Å². The minimum absolute atomic E-state index is 0.0492. The van der Waals surface area contributed by atoms with Crippen molar-refractivity contribution in [3.8, 4) is 0 Å². The monoisotopic (exact) mass is 409 g/mol. The van der Waals surface area contributed by atoms with Gasteiger partial charge in [-0.1, -0.05) is 42.5 Å². The number of piperazine rings is 2. The topological polar surface area (TPSA) is 43.9 Å². The van der Waals surface area contributed by atoms with Crippen LogP contribution in [0.3, 0.4) is 0 Å². The number of thioether (sulfide) groups is 1. The molecule has 29 heavy (non-hydrogen) atoms. The molecule has 2 aliphatic rings. The zero-order valence-electron chi connectivity index (χ0n) is 17.0. The smallest absolute Gasteiger partial charge is 0.247 e. The van der Waals surface area contributed by atoms with Gasteiger partial charge in [0.1, 0.15) is 12.1 Å². The Kier molecular flexibility index (Phi) is 5.92. The van der Waals surface area contributed by atoms with E-state index < -0.39 is 6.04 Å². The van der Waals surface area contributed by atoms with Gasteiger partial charge in [-0.2, -0.15) is 0 Å². The molecule has 0 aliphatic carbocycles. The largest absolute Gasteiger partial charge is 0.332 e. The van der Waals surface area contributed by atoms with E-state index in [-0.39, 0.29) is 17.9 Å². The van der Waals surface area contributed by atoms with Gasteiger partial charge in [-0.25, -0.2) is 0 Å². The first kappa shape index (κ1) is 20.0. The van der Waals surface area contributed by atoms with Crippen LogP contribution in [0.2, 0.25) is 0 Å². The lowest BCUT2D eigenvalue weighted by atomic mass is 9.97. The number of benzene rings is 2. The van der Waals surface area contributed by atoms with Gasteiger partial charge in [0.2, 0.25) is 11.8 Å². The van der Waals surface area contributed by atoms with Crippen molar-refractivity contribution >= 4 is 23.6 Å². The maximum Gasteiger partial charge on any atom is 0.247 e. The van der Waals surface area contributed by atoms with Gasteiger partial charge in [-0.3, -0.25) is 14.5 Å². The van der Waals surface area contributed by atoms with Crippen LogP contribution in [-0.4, -0.2) is 71.5 Å². The number of fused-ring (bicyclic) bond motifs is 1. The second-order valence-corrected chi connectivity index (χ2v) is 8.67. The average Bonchev–Trinajstić information content (AvgIpc) is 2.76. The minimum Gasteiger partial charge on any atom is -0.332 e. The number of nitrogens with zero attached hydrogens (tertiary/aromatic N) is 3. The maximum absolute atomic E-state index is 13.2. The van der Waals surface area contributed by atoms with Crippen molar-refractivity contribution in [3.63, 3.8) is 0 Å². The number of hydrogen-bond acceptors (Lipinski definition) is 4. The lowest BCUT2D eigenvalue weighted by molar-refractivity contribution is -0.164. The first-order valence-corrected chi connectivity index (χ1v) is 11.3. The fourth-order valence-electron chi connectivity index (χ4n) is 4.29. The third-order valence-electron chi connectivity index (χ3n) is 5.95. The molecule has 0 radical (unpaired) electrons. The number of hydrogen-bond donors (Lipinski definition) is 0. The standard InChI is InChI=1S/C23H27N3O2S/c1-24-20(14-17-7-4-3-5-8-17)23(28)26-12-11-25(16-21(26)22(24)27)15-18-9-6-10-19(13-18)29-2/h3-10,13,20-21H,11-12,14-16H2,1-2H3/t20-,21+/m0/s1. The number of carbonyl (C=O) groups excluding carboxylic acids is 2. The molecule has 2 aromatic rings. The quantitative estimate of drug-likeness (QED) is 0.712. The van der Waals surface area contributed by atoms with E-state index in [1.165, 1.54) is 10.5 Å². The second-order valence-electron chi connectivity index (χ2n) is 7.79. The van der Waals surface area contributed by atoms with Gasteiger partial charge in [-0.05, 0) is 29.5 Å². The van der Waals surface area contributed by atoms with Crippen molar-refractivity contribution in [1.29, 1.82) is 0 Å². The Morgan fingerprint density at radius 2 is 1.72 bits per heavy atom. The second kappa shape index (κ2) is 8.59. The number of carbonyl (C=O) groups is 2. The number of rotatable bonds is 5. The number of likely N-dealkylation sites (N-methyl/N-ethyl adjacent to an activating group) is 1. The molecule has 5 nitrogen and oxygen atoms in total. The first-order valence-electron chi connectivity index (χ1n) is 10.0. The van der Waals surface area contributed by atoms with Crippen LogP contribution in [0.15, 0.2) is 59.5 Å². The van der Waals surface area contributed by atoms with Crippen LogP contribution in [0.1, 0.15) is 11.1 Å². The molecule has 2 saturated heterocycles. The van der Waals surface area contributed by atoms with Crippen molar-refractivity contribution in [3.05, 3.63) is 65.7 Å². The van der Waals surface area contributed by atoms with Crippen molar-refractivity contribution in [2.75, 3.05) is 32.9 Å². The third kappa shape index (κ3) is 4.19. The van der Waals surface area contributed by atoms with Crippen molar-refractivity contribution in [2.24, 2.45) is 0 Å². The lowest BCUT2D eigenvalue weighted by Gasteiger charge is -2.48. The summed E-state index contributed by atoms with van der Waals surface area (Å²) in [5.41, 5.74) is 2.33. The Bertz CT molecular complexity index is 889. The Hall–Kier alpha value is -2.31. The molecule has 0 saturated carbocycles. The van der Waals surface area contributed by atoms with Crippen LogP contribution in [-0.2, 0) is 22.6 Å². The van der Waals surface area contributed by atoms with Crippen LogP contribution in [0, 0.1) is 0 Å². The third-order valence-corrected chi connectivity index (χ3v) is 6.67. The normalized spacial score (nSPS) is 22.7. The highest BCUT2D eigenvalue weighted by Gasteiger charge is 2.46. The summed E-state index contributed by atoms with van der Waals surface area (Å²) in [6.45, 7) is 2.80. The highest BCUT2D eigenvalue weighted by Crippen LogP contribution is 2.25. The molecule has 0 bridgehead atoms. The zero-order chi connectivity index (χ0) is 20.4. The SMILES string of the molecule is CSc1cccc(CN2CCN3C(=O)[C@H](Cc4ccccc4)N(C)C(=O)[C@H]3C2)c1. The first-order chi connectivity index (χ1) is 14.1. The highest BCUT2D eigenvalue weighted by molar-refractivity contribution is 7.98. The Morgan fingerprint density at radius 1 is 0.966 bits per heavy atom. The molecule has 4 rings (SSSR count). The van der Waals surface area contributed by atoms with E-state index in [0.29, 0.717) is 19.5 Å². The minimum atomic E-state index is -0.411. The van der Waals surface area contributed by atoms with Crippen molar-refractivity contribution < 1.29 is 9.59 Å². The van der Waals surface area contributed by atoms with E-state index in [2.05, 4.69) is 35.4 Å². The summed E-state index contributed by atoms with van der Waals surface area (Å²) < 4.78 is 0. The van der Waals surface area contributed by atoms with Gasteiger partial charge >= 0.3 is 0 Å². The van der Waals surface area contributed by atoms with Crippen molar-refractivity contribution in [1.82, 2.24) is 14.7 Å². The molecule has 2 aromatic carbocycles. The summed E-state index contributed by atoms with van der Waals surface area (Å²) in [4.78, 5) is 33.3. The lowest BCUT2D eigenvalue weighted by Crippen LogP contribution is -2.69. The van der Waals surface area contributed by atoms with Gasteiger partial charge in [0.15, 0.2) is 0 Å².